The number of azide groups is 1. The molecule has 4 saturated carbocycles. The van der Waals surface area contributed by atoms with E-state index in [1.807, 2.05) is 0 Å². The van der Waals surface area contributed by atoms with Gasteiger partial charge in [-0.15, -0.1) is 0 Å². The van der Waals surface area contributed by atoms with Crippen LogP contribution in [-0.4, -0.2) is 26.8 Å². The molecule has 4 aliphatic carbocycles. The molecule has 0 aliphatic heterocycles. The summed E-state index contributed by atoms with van der Waals surface area (Å²) in [4.78, 5) is 3.03. The monoisotopic (exact) mass is 395 g/mol. The van der Waals surface area contributed by atoms with Crippen molar-refractivity contribution in [1.82, 2.24) is 0 Å². The maximum absolute atomic E-state index is 11.7. The maximum Gasteiger partial charge on any atom is 0.264 e. The summed E-state index contributed by atoms with van der Waals surface area (Å²) in [7, 11) is -3.56. The molecular formula is C20H33N3O3S. The van der Waals surface area contributed by atoms with Crippen LogP contribution in [0.15, 0.2) is 5.11 Å². The third-order valence-corrected chi connectivity index (χ3v) is 9.54. The van der Waals surface area contributed by atoms with Crippen LogP contribution >= 0.6 is 0 Å². The Labute approximate surface area is 163 Å². The Bertz CT molecular complexity index is 750. The first kappa shape index (κ1) is 19.5. The van der Waals surface area contributed by atoms with E-state index < -0.39 is 16.2 Å². The van der Waals surface area contributed by atoms with Crippen LogP contribution in [0.1, 0.15) is 71.6 Å². The van der Waals surface area contributed by atoms with Crippen molar-refractivity contribution in [3.63, 3.8) is 0 Å². The summed E-state index contributed by atoms with van der Waals surface area (Å²) in [6.45, 7) is 4.90. The fourth-order valence-electron chi connectivity index (χ4n) is 7.76. The highest BCUT2D eigenvalue weighted by atomic mass is 32.2. The molecule has 0 bridgehead atoms. The molecule has 0 radical (unpaired) electrons. The smallest absolute Gasteiger partial charge is 0.264 e. The van der Waals surface area contributed by atoms with Crippen molar-refractivity contribution in [1.29, 1.82) is 0 Å². The number of hydrogen-bond donors (Lipinski definition) is 0. The second-order valence-corrected chi connectivity index (χ2v) is 11.9. The van der Waals surface area contributed by atoms with Crippen LogP contribution in [0.2, 0.25) is 0 Å². The molecule has 7 heteroatoms. The van der Waals surface area contributed by atoms with E-state index in [9.17, 15) is 8.42 Å². The summed E-state index contributed by atoms with van der Waals surface area (Å²) in [5.41, 5.74) is 9.72. The van der Waals surface area contributed by atoms with Crippen LogP contribution in [0.5, 0.6) is 0 Å². The third kappa shape index (κ3) is 3.30. The molecule has 0 saturated heterocycles. The van der Waals surface area contributed by atoms with E-state index >= 15 is 0 Å². The van der Waals surface area contributed by atoms with Gasteiger partial charge in [-0.2, -0.15) is 8.42 Å². The van der Waals surface area contributed by atoms with Crippen molar-refractivity contribution in [3.8, 4) is 0 Å². The van der Waals surface area contributed by atoms with Gasteiger partial charge < -0.3 is 0 Å². The van der Waals surface area contributed by atoms with Crippen LogP contribution in [-0.2, 0) is 14.3 Å². The Morgan fingerprint density at radius 2 is 1.89 bits per heavy atom. The molecular weight excluding hydrogens is 362 g/mol. The highest BCUT2D eigenvalue weighted by Crippen LogP contribution is 2.66. The van der Waals surface area contributed by atoms with E-state index in [0.717, 1.165) is 30.9 Å². The van der Waals surface area contributed by atoms with Gasteiger partial charge in [-0.25, -0.2) is 0 Å². The standard InChI is InChI=1S/C20H33N3O3S/c1-19-9-4-5-15(19)14-7-6-13-11-18(26-27(3,24)25)17(22-23-21)12-20(13,2)16(14)8-10-19/h13-18H,4-12H2,1-3H3/t13-,14+,15-,16-,17+,18+,19-,20-/m0/s1. The predicted molar refractivity (Wildman–Crippen MR) is 104 cm³/mol. The van der Waals surface area contributed by atoms with Crippen LogP contribution in [0.25, 0.3) is 10.4 Å². The van der Waals surface area contributed by atoms with Gasteiger partial charge >= 0.3 is 0 Å². The fourth-order valence-corrected chi connectivity index (χ4v) is 8.42. The van der Waals surface area contributed by atoms with Crippen LogP contribution in [0.4, 0.5) is 0 Å². The largest absolute Gasteiger partial charge is 0.267 e. The molecule has 0 amide bonds. The van der Waals surface area contributed by atoms with Gasteiger partial charge in [0.2, 0.25) is 0 Å². The molecule has 4 fully saturated rings. The minimum absolute atomic E-state index is 0.128. The summed E-state index contributed by atoms with van der Waals surface area (Å²) in [5.74, 6) is 2.76. The molecule has 0 spiro atoms. The first-order chi connectivity index (χ1) is 12.7. The van der Waals surface area contributed by atoms with Gasteiger partial charge in [0.05, 0.1) is 18.4 Å². The summed E-state index contributed by atoms with van der Waals surface area (Å²) >= 11 is 0. The van der Waals surface area contributed by atoms with Gasteiger partial charge in [-0.05, 0) is 91.4 Å². The van der Waals surface area contributed by atoms with Crippen LogP contribution in [0.3, 0.4) is 0 Å². The zero-order valence-corrected chi connectivity index (χ0v) is 17.6. The van der Waals surface area contributed by atoms with Crippen molar-refractivity contribution in [2.45, 2.75) is 83.8 Å². The summed E-state index contributed by atoms with van der Waals surface area (Å²) in [6, 6.07) is -0.387. The van der Waals surface area contributed by atoms with Gasteiger partial charge in [-0.1, -0.05) is 25.4 Å². The number of fused-ring (bicyclic) bond motifs is 5. The highest BCUT2D eigenvalue weighted by Gasteiger charge is 2.59. The lowest BCUT2D eigenvalue weighted by molar-refractivity contribution is -0.122. The number of rotatable bonds is 3. The minimum Gasteiger partial charge on any atom is -0.267 e. The molecule has 4 aliphatic rings. The quantitative estimate of drug-likeness (QED) is 0.289. The molecule has 6 nitrogen and oxygen atoms in total. The Kier molecular flexibility index (Phi) is 4.80. The van der Waals surface area contributed by atoms with Gasteiger partial charge in [-0.3, -0.25) is 4.18 Å². The molecule has 4 rings (SSSR count). The minimum atomic E-state index is -3.56. The summed E-state index contributed by atoms with van der Waals surface area (Å²) in [5, 5.41) is 3.99. The van der Waals surface area contributed by atoms with E-state index in [2.05, 4.69) is 23.9 Å². The van der Waals surface area contributed by atoms with Gasteiger partial charge in [0.15, 0.2) is 0 Å². The van der Waals surface area contributed by atoms with Crippen LogP contribution in [0, 0.1) is 34.5 Å². The lowest BCUT2D eigenvalue weighted by Gasteiger charge is -2.61. The van der Waals surface area contributed by atoms with Crippen molar-refractivity contribution in [3.05, 3.63) is 10.4 Å². The molecule has 27 heavy (non-hydrogen) atoms. The molecule has 0 aromatic rings. The van der Waals surface area contributed by atoms with E-state index in [0.29, 0.717) is 23.7 Å². The van der Waals surface area contributed by atoms with E-state index in [4.69, 9.17) is 9.71 Å². The molecule has 0 aromatic carbocycles. The summed E-state index contributed by atoms with van der Waals surface area (Å²) in [6.07, 6.45) is 11.2. The molecule has 0 N–H and O–H groups in total. The van der Waals surface area contributed by atoms with Crippen molar-refractivity contribution in [2.24, 2.45) is 39.6 Å². The van der Waals surface area contributed by atoms with Gasteiger partial charge in [0, 0.05) is 4.91 Å². The first-order valence-electron chi connectivity index (χ1n) is 10.6. The van der Waals surface area contributed by atoms with Crippen molar-refractivity contribution in [2.75, 3.05) is 6.26 Å². The summed E-state index contributed by atoms with van der Waals surface area (Å²) < 4.78 is 28.8. The second-order valence-electron chi connectivity index (χ2n) is 10.3. The number of hydrogen-bond acceptors (Lipinski definition) is 4. The first-order valence-corrected chi connectivity index (χ1v) is 12.4. The maximum atomic E-state index is 11.7. The Hall–Kier alpha value is -0.780. The average Bonchev–Trinajstić information content (AvgIpc) is 2.96. The lowest BCUT2D eigenvalue weighted by atomic mass is 9.45. The molecule has 0 aromatic heterocycles. The molecule has 0 heterocycles. The zero-order chi connectivity index (χ0) is 19.4. The highest BCUT2D eigenvalue weighted by molar-refractivity contribution is 7.86. The van der Waals surface area contributed by atoms with Crippen molar-refractivity contribution >= 4 is 10.1 Å². The van der Waals surface area contributed by atoms with E-state index in [1.165, 1.54) is 38.5 Å². The van der Waals surface area contributed by atoms with E-state index in [1.54, 1.807) is 0 Å². The lowest BCUT2D eigenvalue weighted by Crippen LogP contribution is -2.56. The topological polar surface area (TPSA) is 92.1 Å². The Balaban J connectivity index is 1.61. The van der Waals surface area contributed by atoms with E-state index in [-0.39, 0.29) is 11.5 Å². The average molecular weight is 396 g/mol. The SMILES string of the molecule is C[C@@]12CCC[C@H]1[C@H]1CC[C@H]3C[C@@H](OS(C)(=O)=O)[C@H](N=[N+]=[N-])C[C@]3(C)[C@H]1CC2. The molecule has 8 atom stereocenters. The normalized spacial score (nSPS) is 49.4. The zero-order valence-electron chi connectivity index (χ0n) is 16.8. The molecule has 0 unspecified atom stereocenters. The number of nitrogens with zero attached hydrogens (tertiary/aromatic N) is 3. The second kappa shape index (κ2) is 6.64. The Morgan fingerprint density at radius 3 is 2.59 bits per heavy atom. The predicted octanol–water partition coefficient (Wildman–Crippen LogP) is 5.05. The van der Waals surface area contributed by atoms with Gasteiger partial charge in [0.25, 0.3) is 10.1 Å². The third-order valence-electron chi connectivity index (χ3n) is 8.94. The van der Waals surface area contributed by atoms with Crippen molar-refractivity contribution < 1.29 is 12.6 Å². The fraction of sp³-hybridized carbons (Fsp3) is 1.00. The van der Waals surface area contributed by atoms with Crippen LogP contribution < -0.4 is 0 Å². The Morgan fingerprint density at radius 1 is 1.11 bits per heavy atom. The van der Waals surface area contributed by atoms with Gasteiger partial charge in [0.1, 0.15) is 0 Å². The molecule has 152 valence electrons.